The first-order valence-electron chi connectivity index (χ1n) is 6.50. The summed E-state index contributed by atoms with van der Waals surface area (Å²) in [6.07, 6.45) is 2.45. The van der Waals surface area contributed by atoms with Gasteiger partial charge in [0.1, 0.15) is 0 Å². The standard InChI is InChI=1S/C13H17N3O4/c14-12-4-3-10(16(18)19)8-11(12)13(17)15-9-2-1-6-20-7-5-9/h3-4,8-9H,1-2,5-7,14H2,(H,15,17)/t9-/m0/s1. The number of carbonyl (C=O) groups is 1. The Balaban J connectivity index is 2.11. The monoisotopic (exact) mass is 279 g/mol. The van der Waals surface area contributed by atoms with Crippen LogP contribution in [0.25, 0.3) is 0 Å². The molecular weight excluding hydrogens is 262 g/mol. The number of nitrogens with two attached hydrogens (primary N) is 1. The molecule has 1 aliphatic heterocycles. The van der Waals surface area contributed by atoms with Crippen LogP contribution in [0.1, 0.15) is 29.6 Å². The average Bonchev–Trinajstić information content (AvgIpc) is 2.67. The first-order chi connectivity index (χ1) is 9.58. The van der Waals surface area contributed by atoms with Crippen molar-refractivity contribution in [1.29, 1.82) is 0 Å². The summed E-state index contributed by atoms with van der Waals surface area (Å²) in [6.45, 7) is 1.31. The van der Waals surface area contributed by atoms with Crippen LogP contribution in [0.3, 0.4) is 0 Å². The third-order valence-electron chi connectivity index (χ3n) is 3.28. The van der Waals surface area contributed by atoms with Crippen molar-refractivity contribution in [1.82, 2.24) is 5.32 Å². The van der Waals surface area contributed by atoms with Crippen molar-refractivity contribution in [3.8, 4) is 0 Å². The maximum absolute atomic E-state index is 12.2. The molecule has 1 atom stereocenters. The van der Waals surface area contributed by atoms with E-state index in [9.17, 15) is 14.9 Å². The predicted octanol–water partition coefficient (Wildman–Crippen LogP) is 1.48. The fraction of sp³-hybridized carbons (Fsp3) is 0.462. The van der Waals surface area contributed by atoms with E-state index < -0.39 is 4.92 Å². The Morgan fingerprint density at radius 2 is 2.20 bits per heavy atom. The van der Waals surface area contributed by atoms with Gasteiger partial charge in [-0.15, -0.1) is 0 Å². The molecule has 0 saturated carbocycles. The Labute approximate surface area is 116 Å². The van der Waals surface area contributed by atoms with Crippen LogP contribution in [-0.4, -0.2) is 30.1 Å². The van der Waals surface area contributed by atoms with Crippen molar-refractivity contribution in [2.75, 3.05) is 18.9 Å². The van der Waals surface area contributed by atoms with E-state index in [4.69, 9.17) is 10.5 Å². The molecule has 0 aromatic heterocycles. The molecule has 1 aliphatic rings. The summed E-state index contributed by atoms with van der Waals surface area (Å²) in [4.78, 5) is 22.4. The number of nitro groups is 1. The summed E-state index contributed by atoms with van der Waals surface area (Å²) in [5, 5.41) is 13.6. The minimum absolute atomic E-state index is 0.0173. The fourth-order valence-electron chi connectivity index (χ4n) is 2.17. The number of nitrogens with zero attached hydrogens (tertiary/aromatic N) is 1. The number of nitrogen functional groups attached to an aromatic ring is 1. The number of hydrogen-bond donors (Lipinski definition) is 2. The second kappa shape index (κ2) is 6.33. The molecule has 0 radical (unpaired) electrons. The Morgan fingerprint density at radius 1 is 1.40 bits per heavy atom. The van der Waals surface area contributed by atoms with Crippen molar-refractivity contribution >= 4 is 17.3 Å². The van der Waals surface area contributed by atoms with Crippen molar-refractivity contribution in [2.45, 2.75) is 25.3 Å². The normalized spacial score (nSPS) is 19.1. The smallest absolute Gasteiger partial charge is 0.270 e. The number of hydrogen-bond acceptors (Lipinski definition) is 5. The summed E-state index contributed by atoms with van der Waals surface area (Å²) < 4.78 is 5.32. The van der Waals surface area contributed by atoms with Crippen LogP contribution < -0.4 is 11.1 Å². The van der Waals surface area contributed by atoms with Crippen LogP contribution in [0.5, 0.6) is 0 Å². The van der Waals surface area contributed by atoms with Gasteiger partial charge < -0.3 is 15.8 Å². The van der Waals surface area contributed by atoms with Gasteiger partial charge in [0, 0.05) is 37.1 Å². The van der Waals surface area contributed by atoms with Crippen LogP contribution >= 0.6 is 0 Å². The number of benzene rings is 1. The first kappa shape index (κ1) is 14.3. The van der Waals surface area contributed by atoms with Gasteiger partial charge in [-0.3, -0.25) is 14.9 Å². The second-order valence-electron chi connectivity index (χ2n) is 4.74. The van der Waals surface area contributed by atoms with Gasteiger partial charge in [-0.05, 0) is 25.3 Å². The maximum Gasteiger partial charge on any atom is 0.270 e. The highest BCUT2D eigenvalue weighted by Crippen LogP contribution is 2.20. The van der Waals surface area contributed by atoms with Gasteiger partial charge in [0.2, 0.25) is 0 Å². The van der Waals surface area contributed by atoms with Gasteiger partial charge in [0.15, 0.2) is 0 Å². The van der Waals surface area contributed by atoms with Gasteiger partial charge in [0.05, 0.1) is 10.5 Å². The molecule has 7 heteroatoms. The number of carbonyl (C=O) groups excluding carboxylic acids is 1. The molecule has 3 N–H and O–H groups in total. The van der Waals surface area contributed by atoms with Gasteiger partial charge >= 0.3 is 0 Å². The Bertz CT molecular complexity index is 510. The fourth-order valence-corrected chi connectivity index (χ4v) is 2.17. The SMILES string of the molecule is Nc1ccc([N+](=O)[O-])cc1C(=O)N[C@H]1CCCOCC1. The average molecular weight is 279 g/mol. The van der Waals surface area contributed by atoms with E-state index in [-0.39, 0.29) is 28.9 Å². The van der Waals surface area contributed by atoms with Gasteiger partial charge in [-0.2, -0.15) is 0 Å². The minimum Gasteiger partial charge on any atom is -0.398 e. The number of rotatable bonds is 3. The Hall–Kier alpha value is -2.15. The lowest BCUT2D eigenvalue weighted by atomic mass is 10.1. The molecule has 108 valence electrons. The van der Waals surface area contributed by atoms with Crippen molar-refractivity contribution in [3.63, 3.8) is 0 Å². The zero-order valence-electron chi connectivity index (χ0n) is 11.0. The molecule has 1 saturated heterocycles. The molecule has 2 rings (SSSR count). The van der Waals surface area contributed by atoms with E-state index in [1.54, 1.807) is 0 Å². The predicted molar refractivity (Wildman–Crippen MR) is 73.4 cm³/mol. The second-order valence-corrected chi connectivity index (χ2v) is 4.74. The number of nitro benzene ring substituents is 1. The van der Waals surface area contributed by atoms with Crippen LogP contribution in [0, 0.1) is 10.1 Å². The molecule has 20 heavy (non-hydrogen) atoms. The topological polar surface area (TPSA) is 107 Å². The molecule has 1 amide bonds. The first-order valence-corrected chi connectivity index (χ1v) is 6.50. The van der Waals surface area contributed by atoms with E-state index in [1.165, 1.54) is 18.2 Å². The lowest BCUT2D eigenvalue weighted by Gasteiger charge is -2.16. The van der Waals surface area contributed by atoms with E-state index in [0.717, 1.165) is 19.3 Å². The molecule has 1 aromatic carbocycles. The Morgan fingerprint density at radius 3 is 2.95 bits per heavy atom. The molecule has 7 nitrogen and oxygen atoms in total. The van der Waals surface area contributed by atoms with E-state index in [0.29, 0.717) is 13.2 Å². The van der Waals surface area contributed by atoms with E-state index >= 15 is 0 Å². The van der Waals surface area contributed by atoms with Gasteiger partial charge in [-0.1, -0.05) is 0 Å². The summed E-state index contributed by atoms with van der Waals surface area (Å²) in [5.74, 6) is -0.377. The Kier molecular flexibility index (Phi) is 4.52. The maximum atomic E-state index is 12.2. The number of anilines is 1. The highest BCUT2D eigenvalue weighted by atomic mass is 16.6. The zero-order chi connectivity index (χ0) is 14.5. The molecule has 1 heterocycles. The number of amides is 1. The summed E-state index contributed by atoms with van der Waals surface area (Å²) in [6, 6.07) is 3.89. The summed E-state index contributed by atoms with van der Waals surface area (Å²) in [7, 11) is 0. The summed E-state index contributed by atoms with van der Waals surface area (Å²) in [5.41, 5.74) is 5.95. The molecule has 1 aromatic rings. The van der Waals surface area contributed by atoms with Crippen LogP contribution in [0.2, 0.25) is 0 Å². The minimum atomic E-state index is -0.546. The summed E-state index contributed by atoms with van der Waals surface area (Å²) >= 11 is 0. The van der Waals surface area contributed by atoms with E-state index in [1.807, 2.05) is 0 Å². The lowest BCUT2D eigenvalue weighted by Crippen LogP contribution is -2.35. The van der Waals surface area contributed by atoms with Crippen molar-refractivity contribution < 1.29 is 14.5 Å². The highest BCUT2D eigenvalue weighted by molar-refractivity contribution is 5.99. The van der Waals surface area contributed by atoms with Gasteiger partial charge in [0.25, 0.3) is 11.6 Å². The lowest BCUT2D eigenvalue weighted by molar-refractivity contribution is -0.384. The van der Waals surface area contributed by atoms with Crippen LogP contribution in [-0.2, 0) is 4.74 Å². The number of non-ortho nitro benzene ring substituents is 1. The molecule has 0 aliphatic carbocycles. The quantitative estimate of drug-likeness (QED) is 0.495. The molecule has 0 unspecified atom stereocenters. The van der Waals surface area contributed by atoms with Crippen LogP contribution in [0.4, 0.5) is 11.4 Å². The van der Waals surface area contributed by atoms with Gasteiger partial charge in [-0.25, -0.2) is 0 Å². The zero-order valence-corrected chi connectivity index (χ0v) is 11.0. The number of nitrogens with one attached hydrogen (secondary N) is 1. The molecular formula is C13H17N3O4. The van der Waals surface area contributed by atoms with Crippen molar-refractivity contribution in [3.05, 3.63) is 33.9 Å². The molecule has 1 fully saturated rings. The molecule has 0 bridgehead atoms. The van der Waals surface area contributed by atoms with Crippen molar-refractivity contribution in [2.24, 2.45) is 0 Å². The highest BCUT2D eigenvalue weighted by Gasteiger charge is 2.19. The van der Waals surface area contributed by atoms with E-state index in [2.05, 4.69) is 5.32 Å². The third-order valence-corrected chi connectivity index (χ3v) is 3.28. The molecule has 0 spiro atoms. The van der Waals surface area contributed by atoms with Crippen LogP contribution in [0.15, 0.2) is 18.2 Å². The largest absolute Gasteiger partial charge is 0.398 e. The number of ether oxygens (including phenoxy) is 1. The third kappa shape index (κ3) is 3.45.